The molecule has 1 atom stereocenters. The Bertz CT molecular complexity index is 106. The monoisotopic (exact) mass is 133 g/mol. The van der Waals surface area contributed by atoms with Crippen molar-refractivity contribution in [3.05, 3.63) is 11.4 Å². The van der Waals surface area contributed by atoms with Crippen molar-refractivity contribution in [1.29, 1.82) is 0 Å². The molecule has 0 aliphatic rings. The zero-order valence-corrected chi connectivity index (χ0v) is 5.27. The smallest absolute Gasteiger partial charge is 0.307 e. The van der Waals surface area contributed by atoms with E-state index in [-0.39, 0.29) is 0 Å². The third-order valence-electron chi connectivity index (χ3n) is 1.04. The van der Waals surface area contributed by atoms with Gasteiger partial charge in [-0.3, -0.25) is 0 Å². The largest absolute Gasteiger partial charge is 0.311 e. The third kappa shape index (κ3) is 3.02. The van der Waals surface area contributed by atoms with Crippen LogP contribution < -0.4 is 0 Å². The molecule has 0 saturated heterocycles. The highest BCUT2D eigenvalue weighted by Gasteiger charge is 2.23. The van der Waals surface area contributed by atoms with Crippen molar-refractivity contribution in [2.75, 3.05) is 0 Å². The molecule has 0 aromatic rings. The molecule has 1 unspecified atom stereocenters. The Labute approximate surface area is 53.5 Å². The second kappa shape index (κ2) is 4.25. The van der Waals surface area contributed by atoms with Crippen molar-refractivity contribution in [1.82, 2.24) is 0 Å². The van der Waals surface area contributed by atoms with Crippen molar-refractivity contribution in [2.45, 2.75) is 32.2 Å². The Morgan fingerprint density at radius 2 is 2.11 bits per heavy atom. The summed E-state index contributed by atoms with van der Waals surface area (Å²) >= 11 is 0. The number of nitrogens with zero attached hydrogens (tertiary/aromatic N) is 1. The van der Waals surface area contributed by atoms with Gasteiger partial charge in [0.25, 0.3) is 6.04 Å². The van der Waals surface area contributed by atoms with E-state index in [9.17, 15) is 8.78 Å². The van der Waals surface area contributed by atoms with Gasteiger partial charge < -0.3 is 4.85 Å². The average Bonchev–Trinajstić information content (AvgIpc) is 1.82. The fourth-order valence-corrected chi connectivity index (χ4v) is 0.543. The van der Waals surface area contributed by atoms with Gasteiger partial charge in [0.1, 0.15) is 0 Å². The fraction of sp³-hybridized carbons (Fsp3) is 0.833. The molecule has 0 aliphatic heterocycles. The number of alkyl halides is 2. The second-order valence-corrected chi connectivity index (χ2v) is 1.82. The maximum Gasteiger partial charge on any atom is 0.311 e. The van der Waals surface area contributed by atoms with Crippen LogP contribution in [-0.2, 0) is 0 Å². The molecule has 0 fully saturated rings. The SMILES string of the molecule is [C-]#[N+]C(CCC)C(F)F. The topological polar surface area (TPSA) is 4.36 Å². The number of rotatable bonds is 3. The minimum absolute atomic E-state index is 0.307. The van der Waals surface area contributed by atoms with Crippen LogP contribution >= 0.6 is 0 Å². The van der Waals surface area contributed by atoms with Gasteiger partial charge in [0, 0.05) is 6.42 Å². The number of hydrogen-bond donors (Lipinski definition) is 0. The van der Waals surface area contributed by atoms with Crippen LogP contribution in [0.5, 0.6) is 0 Å². The van der Waals surface area contributed by atoms with Crippen molar-refractivity contribution in [3.63, 3.8) is 0 Å². The van der Waals surface area contributed by atoms with Crippen LogP contribution in [0.1, 0.15) is 19.8 Å². The Kier molecular flexibility index (Phi) is 3.94. The molecular weight excluding hydrogens is 124 g/mol. The van der Waals surface area contributed by atoms with Crippen molar-refractivity contribution < 1.29 is 8.78 Å². The Morgan fingerprint density at radius 3 is 2.22 bits per heavy atom. The van der Waals surface area contributed by atoms with Gasteiger partial charge in [-0.05, 0) is 6.42 Å². The highest BCUT2D eigenvalue weighted by molar-refractivity contribution is 4.79. The molecule has 0 radical (unpaired) electrons. The first-order valence-electron chi connectivity index (χ1n) is 2.87. The zero-order chi connectivity index (χ0) is 7.28. The first kappa shape index (κ1) is 8.35. The van der Waals surface area contributed by atoms with Gasteiger partial charge in [0.15, 0.2) is 0 Å². The zero-order valence-electron chi connectivity index (χ0n) is 5.27. The minimum atomic E-state index is -2.47. The van der Waals surface area contributed by atoms with E-state index in [0.717, 1.165) is 0 Å². The van der Waals surface area contributed by atoms with Crippen LogP contribution in [0.2, 0.25) is 0 Å². The van der Waals surface area contributed by atoms with Crippen LogP contribution in [0.15, 0.2) is 0 Å². The summed E-state index contributed by atoms with van der Waals surface area (Å²) in [5, 5.41) is 0. The van der Waals surface area contributed by atoms with Gasteiger partial charge >= 0.3 is 6.43 Å². The normalized spacial score (nSPS) is 13.2. The Hall–Kier alpha value is -0.650. The van der Waals surface area contributed by atoms with Gasteiger partial charge in [-0.1, -0.05) is 6.92 Å². The summed E-state index contributed by atoms with van der Waals surface area (Å²) in [6, 6.07) is -1.07. The lowest BCUT2D eigenvalue weighted by Gasteiger charge is -1.99. The van der Waals surface area contributed by atoms with E-state index in [2.05, 4.69) is 4.85 Å². The highest BCUT2D eigenvalue weighted by Crippen LogP contribution is 2.10. The summed E-state index contributed by atoms with van der Waals surface area (Å²) in [5.41, 5.74) is 0. The summed E-state index contributed by atoms with van der Waals surface area (Å²) in [6.07, 6.45) is -1.51. The van der Waals surface area contributed by atoms with Crippen molar-refractivity contribution in [3.8, 4) is 0 Å². The van der Waals surface area contributed by atoms with Crippen molar-refractivity contribution in [2.24, 2.45) is 0 Å². The summed E-state index contributed by atoms with van der Waals surface area (Å²) in [4.78, 5) is 2.78. The molecule has 0 amide bonds. The molecular formula is C6H9F2N. The quantitative estimate of drug-likeness (QED) is 0.520. The summed E-state index contributed by atoms with van der Waals surface area (Å²) in [5.74, 6) is 0. The fourth-order valence-electron chi connectivity index (χ4n) is 0.543. The van der Waals surface area contributed by atoms with Gasteiger partial charge in [0.2, 0.25) is 0 Å². The molecule has 0 heterocycles. The lowest BCUT2D eigenvalue weighted by molar-refractivity contribution is 0.126. The van der Waals surface area contributed by atoms with Gasteiger partial charge in [-0.25, -0.2) is 15.4 Å². The summed E-state index contributed by atoms with van der Waals surface area (Å²) in [7, 11) is 0. The predicted molar refractivity (Wildman–Crippen MR) is 31.3 cm³/mol. The van der Waals surface area contributed by atoms with E-state index in [0.29, 0.717) is 12.8 Å². The van der Waals surface area contributed by atoms with E-state index in [1.165, 1.54) is 0 Å². The summed E-state index contributed by atoms with van der Waals surface area (Å²) < 4.78 is 23.3. The molecule has 1 nitrogen and oxygen atoms in total. The predicted octanol–water partition coefficient (Wildman–Crippen LogP) is 2.34. The standard InChI is InChI=1S/C6H9F2N/c1-3-4-5(9-2)6(7)8/h5-6H,3-4H2,1H3. The Morgan fingerprint density at radius 1 is 1.56 bits per heavy atom. The lowest BCUT2D eigenvalue weighted by atomic mass is 10.2. The Balaban J connectivity index is 3.58. The van der Waals surface area contributed by atoms with E-state index >= 15 is 0 Å². The van der Waals surface area contributed by atoms with Crippen LogP contribution in [0.25, 0.3) is 4.85 Å². The lowest BCUT2D eigenvalue weighted by Crippen LogP contribution is -2.12. The second-order valence-electron chi connectivity index (χ2n) is 1.82. The van der Waals surface area contributed by atoms with E-state index in [1.54, 1.807) is 6.92 Å². The van der Waals surface area contributed by atoms with Crippen LogP contribution in [0.3, 0.4) is 0 Å². The molecule has 52 valence electrons. The molecule has 0 spiro atoms. The maximum absolute atomic E-state index is 11.7. The molecule has 0 bridgehead atoms. The molecule has 9 heavy (non-hydrogen) atoms. The number of halogens is 2. The first-order chi connectivity index (χ1) is 4.22. The van der Waals surface area contributed by atoms with E-state index in [4.69, 9.17) is 6.57 Å². The van der Waals surface area contributed by atoms with E-state index in [1.807, 2.05) is 0 Å². The van der Waals surface area contributed by atoms with Crippen LogP contribution in [0.4, 0.5) is 8.78 Å². The maximum atomic E-state index is 11.7. The highest BCUT2D eigenvalue weighted by atomic mass is 19.3. The van der Waals surface area contributed by atoms with Gasteiger partial charge in [-0.2, -0.15) is 0 Å². The van der Waals surface area contributed by atoms with Gasteiger partial charge in [0.05, 0.1) is 0 Å². The summed E-state index contributed by atoms with van der Waals surface area (Å²) in [6.45, 7) is 8.13. The molecule has 0 aliphatic carbocycles. The first-order valence-corrected chi connectivity index (χ1v) is 2.87. The molecule has 0 rings (SSSR count). The molecule has 0 aromatic heterocycles. The molecule has 3 heteroatoms. The van der Waals surface area contributed by atoms with Crippen molar-refractivity contribution >= 4 is 0 Å². The third-order valence-corrected chi connectivity index (χ3v) is 1.04. The number of hydrogen-bond acceptors (Lipinski definition) is 0. The molecule has 0 N–H and O–H groups in total. The minimum Gasteiger partial charge on any atom is -0.307 e. The van der Waals surface area contributed by atoms with Gasteiger partial charge in [-0.15, -0.1) is 0 Å². The van der Waals surface area contributed by atoms with E-state index < -0.39 is 12.5 Å². The van der Waals surface area contributed by atoms with Crippen LogP contribution in [0, 0.1) is 6.57 Å². The average molecular weight is 133 g/mol. The molecule has 0 aromatic carbocycles. The molecule has 0 saturated carbocycles. The van der Waals surface area contributed by atoms with Crippen LogP contribution in [-0.4, -0.2) is 12.5 Å².